The van der Waals surface area contributed by atoms with Gasteiger partial charge in [-0.15, -0.1) is 0 Å². The first kappa shape index (κ1) is 14.7. The zero-order valence-electron chi connectivity index (χ0n) is 12.8. The number of rotatable bonds is 6. The van der Waals surface area contributed by atoms with Gasteiger partial charge in [0.15, 0.2) is 5.96 Å². The zero-order valence-corrected chi connectivity index (χ0v) is 12.8. The van der Waals surface area contributed by atoms with E-state index in [1.54, 1.807) is 0 Å². The van der Waals surface area contributed by atoms with Crippen LogP contribution in [0.5, 0.6) is 0 Å². The highest BCUT2D eigenvalue weighted by atomic mass is 15.2. The Kier molecular flexibility index (Phi) is 5.27. The normalized spacial score (nSPS) is 21.4. The van der Waals surface area contributed by atoms with Gasteiger partial charge in [-0.2, -0.15) is 0 Å². The van der Waals surface area contributed by atoms with Gasteiger partial charge in [0, 0.05) is 38.9 Å². The van der Waals surface area contributed by atoms with Crippen LogP contribution in [0, 0.1) is 5.92 Å². The minimum atomic E-state index is 0.619. The van der Waals surface area contributed by atoms with Crippen LogP contribution in [0.15, 0.2) is 35.3 Å². The average molecular weight is 274 g/mol. The number of guanidine groups is 1. The number of nitrogens with zero attached hydrogens (tertiary/aromatic N) is 2. The molecule has 4 heteroatoms. The third-order valence-corrected chi connectivity index (χ3v) is 3.81. The van der Waals surface area contributed by atoms with Crippen molar-refractivity contribution in [2.45, 2.75) is 25.8 Å². The topological polar surface area (TPSA) is 39.7 Å². The summed E-state index contributed by atoms with van der Waals surface area (Å²) in [5, 5.41) is 6.82. The molecule has 0 aliphatic heterocycles. The Morgan fingerprint density at radius 2 is 2.05 bits per heavy atom. The highest BCUT2D eigenvalue weighted by Gasteiger charge is 2.33. The Morgan fingerprint density at radius 3 is 2.65 bits per heavy atom. The first-order valence-corrected chi connectivity index (χ1v) is 7.44. The number of nitrogens with one attached hydrogen (secondary N) is 2. The molecule has 1 aliphatic rings. The molecular formula is C16H26N4. The van der Waals surface area contributed by atoms with E-state index in [1.165, 1.54) is 12.1 Å². The van der Waals surface area contributed by atoms with Crippen LogP contribution in [-0.2, 0) is 0 Å². The van der Waals surface area contributed by atoms with Crippen LogP contribution in [0.2, 0.25) is 0 Å². The van der Waals surface area contributed by atoms with Gasteiger partial charge in [0.1, 0.15) is 0 Å². The molecule has 2 atom stereocenters. The monoisotopic (exact) mass is 274 g/mol. The molecule has 0 heterocycles. The van der Waals surface area contributed by atoms with Crippen LogP contribution in [0.25, 0.3) is 0 Å². The van der Waals surface area contributed by atoms with E-state index in [2.05, 4.69) is 58.8 Å². The second-order valence-electron chi connectivity index (χ2n) is 5.57. The second kappa shape index (κ2) is 7.17. The molecule has 0 saturated heterocycles. The SMILES string of the molecule is CN=C(NCCCN(C)c1ccccc1)NC1CC1C. The Balaban J connectivity index is 1.63. The molecule has 2 unspecified atom stereocenters. The average Bonchev–Trinajstić information content (AvgIpc) is 3.18. The Morgan fingerprint density at radius 1 is 1.35 bits per heavy atom. The molecule has 1 aliphatic carbocycles. The second-order valence-corrected chi connectivity index (χ2v) is 5.57. The molecule has 1 saturated carbocycles. The summed E-state index contributed by atoms with van der Waals surface area (Å²) in [4.78, 5) is 6.54. The van der Waals surface area contributed by atoms with E-state index in [4.69, 9.17) is 0 Å². The first-order valence-electron chi connectivity index (χ1n) is 7.44. The fourth-order valence-electron chi connectivity index (χ4n) is 2.23. The van der Waals surface area contributed by atoms with Crippen molar-refractivity contribution in [1.29, 1.82) is 0 Å². The van der Waals surface area contributed by atoms with Crippen molar-refractivity contribution in [2.75, 3.05) is 32.1 Å². The summed E-state index contributed by atoms with van der Waals surface area (Å²) in [7, 11) is 3.97. The van der Waals surface area contributed by atoms with Crippen molar-refractivity contribution < 1.29 is 0 Å². The summed E-state index contributed by atoms with van der Waals surface area (Å²) < 4.78 is 0. The molecule has 4 nitrogen and oxygen atoms in total. The standard InChI is InChI=1S/C16H26N4/c1-13-12-15(13)19-16(17-2)18-10-7-11-20(3)14-8-5-4-6-9-14/h4-6,8-9,13,15H,7,10-12H2,1-3H3,(H2,17,18,19). The van der Waals surface area contributed by atoms with Crippen LogP contribution < -0.4 is 15.5 Å². The number of para-hydroxylation sites is 1. The van der Waals surface area contributed by atoms with Gasteiger partial charge < -0.3 is 15.5 Å². The first-order chi connectivity index (χ1) is 9.70. The molecule has 1 fully saturated rings. The van der Waals surface area contributed by atoms with Gasteiger partial charge in [-0.25, -0.2) is 0 Å². The lowest BCUT2D eigenvalue weighted by molar-refractivity contribution is 0.718. The van der Waals surface area contributed by atoms with Gasteiger partial charge in [-0.3, -0.25) is 4.99 Å². The van der Waals surface area contributed by atoms with Crippen LogP contribution in [0.4, 0.5) is 5.69 Å². The summed E-state index contributed by atoms with van der Waals surface area (Å²) in [6.07, 6.45) is 2.35. The highest BCUT2D eigenvalue weighted by Crippen LogP contribution is 2.28. The third-order valence-electron chi connectivity index (χ3n) is 3.81. The minimum Gasteiger partial charge on any atom is -0.375 e. The third kappa shape index (κ3) is 4.44. The maximum atomic E-state index is 4.26. The maximum Gasteiger partial charge on any atom is 0.191 e. The Hall–Kier alpha value is -1.71. The number of anilines is 1. The lowest BCUT2D eigenvalue weighted by Gasteiger charge is -2.19. The van der Waals surface area contributed by atoms with E-state index in [0.29, 0.717) is 6.04 Å². The molecule has 0 radical (unpaired) electrons. The van der Waals surface area contributed by atoms with Crippen LogP contribution in [-0.4, -0.2) is 39.2 Å². The molecule has 2 N–H and O–H groups in total. The van der Waals surface area contributed by atoms with Gasteiger partial charge in [0.2, 0.25) is 0 Å². The largest absolute Gasteiger partial charge is 0.375 e. The van der Waals surface area contributed by atoms with Crippen molar-refractivity contribution in [3.05, 3.63) is 30.3 Å². The molecule has 20 heavy (non-hydrogen) atoms. The molecule has 1 aromatic carbocycles. The van der Waals surface area contributed by atoms with E-state index in [9.17, 15) is 0 Å². The summed E-state index contributed by atoms with van der Waals surface area (Å²) in [5.41, 5.74) is 1.27. The van der Waals surface area contributed by atoms with E-state index in [-0.39, 0.29) is 0 Å². The van der Waals surface area contributed by atoms with E-state index in [1.807, 2.05) is 13.1 Å². The summed E-state index contributed by atoms with van der Waals surface area (Å²) in [6.45, 7) is 4.24. The molecule has 0 bridgehead atoms. The summed E-state index contributed by atoms with van der Waals surface area (Å²) in [5.74, 6) is 1.72. The van der Waals surface area contributed by atoms with E-state index < -0.39 is 0 Å². The van der Waals surface area contributed by atoms with Crippen LogP contribution in [0.3, 0.4) is 0 Å². The molecule has 0 amide bonds. The van der Waals surface area contributed by atoms with Gasteiger partial charge in [-0.05, 0) is 30.9 Å². The minimum absolute atomic E-state index is 0.619. The number of aliphatic imine (C=N–C) groups is 1. The highest BCUT2D eigenvalue weighted by molar-refractivity contribution is 5.80. The Bertz CT molecular complexity index is 429. The molecule has 110 valence electrons. The van der Waals surface area contributed by atoms with Crippen molar-refractivity contribution in [3.63, 3.8) is 0 Å². The van der Waals surface area contributed by atoms with Crippen molar-refractivity contribution in [1.82, 2.24) is 10.6 Å². The van der Waals surface area contributed by atoms with Crippen LogP contribution in [0.1, 0.15) is 19.8 Å². The predicted molar refractivity (Wildman–Crippen MR) is 86.4 cm³/mol. The molecule has 2 rings (SSSR count). The molecule has 1 aromatic rings. The van der Waals surface area contributed by atoms with Gasteiger partial charge in [0.05, 0.1) is 0 Å². The van der Waals surface area contributed by atoms with Crippen molar-refractivity contribution >= 4 is 11.6 Å². The maximum absolute atomic E-state index is 4.26. The zero-order chi connectivity index (χ0) is 14.4. The van der Waals surface area contributed by atoms with E-state index >= 15 is 0 Å². The Labute approximate surface area is 122 Å². The molecular weight excluding hydrogens is 248 g/mol. The smallest absolute Gasteiger partial charge is 0.191 e. The number of benzene rings is 1. The van der Waals surface area contributed by atoms with Gasteiger partial charge >= 0.3 is 0 Å². The fraction of sp³-hybridized carbons (Fsp3) is 0.562. The van der Waals surface area contributed by atoms with Crippen molar-refractivity contribution in [2.24, 2.45) is 10.9 Å². The summed E-state index contributed by atoms with van der Waals surface area (Å²) >= 11 is 0. The van der Waals surface area contributed by atoms with E-state index in [0.717, 1.165) is 31.4 Å². The van der Waals surface area contributed by atoms with Gasteiger partial charge in [0.25, 0.3) is 0 Å². The number of hydrogen-bond donors (Lipinski definition) is 2. The number of hydrogen-bond acceptors (Lipinski definition) is 2. The lowest BCUT2D eigenvalue weighted by Crippen LogP contribution is -2.40. The molecule has 0 aromatic heterocycles. The van der Waals surface area contributed by atoms with Gasteiger partial charge in [-0.1, -0.05) is 25.1 Å². The fourth-order valence-corrected chi connectivity index (χ4v) is 2.23. The van der Waals surface area contributed by atoms with Crippen molar-refractivity contribution in [3.8, 4) is 0 Å². The quantitative estimate of drug-likeness (QED) is 0.474. The molecule has 0 spiro atoms. The lowest BCUT2D eigenvalue weighted by atomic mass is 10.3. The van der Waals surface area contributed by atoms with Crippen LogP contribution >= 0.6 is 0 Å². The predicted octanol–water partition coefficient (Wildman–Crippen LogP) is 2.09. The summed E-state index contributed by atoms with van der Waals surface area (Å²) in [6, 6.07) is 11.1.